The number of nitriles is 1. The number of rotatable bonds is 11. The Labute approximate surface area is 145 Å². The van der Waals surface area contributed by atoms with Gasteiger partial charge in [-0.1, -0.05) is 44.7 Å². The van der Waals surface area contributed by atoms with Crippen molar-refractivity contribution in [1.82, 2.24) is 5.43 Å². The summed E-state index contributed by atoms with van der Waals surface area (Å²) in [6, 6.07) is 9.99. The van der Waals surface area contributed by atoms with Crippen molar-refractivity contribution in [3.63, 3.8) is 0 Å². The van der Waals surface area contributed by atoms with Crippen LogP contribution < -0.4 is 10.3 Å². The van der Waals surface area contributed by atoms with Crippen LogP contribution in [0.2, 0.25) is 0 Å². The van der Waals surface area contributed by atoms with Gasteiger partial charge >= 0.3 is 0 Å². The number of carbonyl (C=O) groups is 1. The molecule has 0 aliphatic rings. The van der Waals surface area contributed by atoms with E-state index in [0.717, 1.165) is 24.1 Å². The average Bonchev–Trinajstić information content (AvgIpc) is 2.60. The number of benzene rings is 1. The van der Waals surface area contributed by atoms with Crippen LogP contribution in [0.3, 0.4) is 0 Å². The lowest BCUT2D eigenvalue weighted by atomic mass is 10.1. The number of hydrogen-bond donors (Lipinski definition) is 1. The molecule has 1 N–H and O–H groups in total. The van der Waals surface area contributed by atoms with Crippen molar-refractivity contribution in [3.05, 3.63) is 29.8 Å². The molecule has 0 saturated heterocycles. The molecule has 0 atom stereocenters. The molecule has 0 spiro atoms. The van der Waals surface area contributed by atoms with Crippen LogP contribution >= 0.6 is 0 Å². The Morgan fingerprint density at radius 3 is 2.62 bits per heavy atom. The van der Waals surface area contributed by atoms with Crippen LogP contribution in [0.5, 0.6) is 0 Å². The van der Waals surface area contributed by atoms with Gasteiger partial charge < -0.3 is 4.90 Å². The Morgan fingerprint density at radius 1 is 1.25 bits per heavy atom. The van der Waals surface area contributed by atoms with E-state index in [0.29, 0.717) is 19.4 Å². The second-order valence-electron chi connectivity index (χ2n) is 5.88. The molecule has 130 valence electrons. The highest BCUT2D eigenvalue weighted by Gasteiger charge is 2.01. The number of hydrogen-bond acceptors (Lipinski definition) is 4. The number of nitrogens with zero attached hydrogens (tertiary/aromatic N) is 3. The van der Waals surface area contributed by atoms with Crippen molar-refractivity contribution >= 4 is 17.8 Å². The fraction of sp³-hybridized carbons (Fsp3) is 0.526. The third kappa shape index (κ3) is 8.33. The highest BCUT2D eigenvalue weighted by Crippen LogP contribution is 2.13. The van der Waals surface area contributed by atoms with Gasteiger partial charge in [0.25, 0.3) is 0 Å². The monoisotopic (exact) mass is 328 g/mol. The molecule has 5 nitrogen and oxygen atoms in total. The van der Waals surface area contributed by atoms with E-state index < -0.39 is 0 Å². The van der Waals surface area contributed by atoms with E-state index >= 15 is 0 Å². The Hall–Kier alpha value is -2.35. The Kier molecular flexibility index (Phi) is 9.95. The van der Waals surface area contributed by atoms with Crippen molar-refractivity contribution in [2.75, 3.05) is 18.5 Å². The van der Waals surface area contributed by atoms with E-state index in [1.165, 1.54) is 19.3 Å². The lowest BCUT2D eigenvalue weighted by Gasteiger charge is -2.17. The van der Waals surface area contributed by atoms with Crippen LogP contribution in [0, 0.1) is 11.3 Å². The lowest BCUT2D eigenvalue weighted by molar-refractivity contribution is -0.121. The van der Waals surface area contributed by atoms with Gasteiger partial charge in [-0.25, -0.2) is 5.43 Å². The molecule has 0 bridgehead atoms. The zero-order chi connectivity index (χ0) is 17.6. The molecule has 1 amide bonds. The van der Waals surface area contributed by atoms with Gasteiger partial charge in [0, 0.05) is 25.7 Å². The number of unbranched alkanes of at least 4 members (excludes halogenated alkanes) is 4. The molecule has 24 heavy (non-hydrogen) atoms. The van der Waals surface area contributed by atoms with Gasteiger partial charge in [0.15, 0.2) is 0 Å². The maximum atomic E-state index is 11.7. The molecular weight excluding hydrogens is 300 g/mol. The quantitative estimate of drug-likeness (QED) is 0.381. The Bertz CT molecular complexity index is 545. The minimum atomic E-state index is -0.0318. The maximum absolute atomic E-state index is 11.7. The van der Waals surface area contributed by atoms with Crippen molar-refractivity contribution in [3.8, 4) is 6.07 Å². The topological polar surface area (TPSA) is 68.5 Å². The van der Waals surface area contributed by atoms with Gasteiger partial charge in [-0.05, 0) is 24.1 Å². The van der Waals surface area contributed by atoms with Gasteiger partial charge in [0.1, 0.15) is 0 Å². The van der Waals surface area contributed by atoms with Crippen molar-refractivity contribution in [2.45, 2.75) is 51.9 Å². The first-order valence-corrected chi connectivity index (χ1v) is 8.67. The van der Waals surface area contributed by atoms with Crippen LogP contribution in [-0.4, -0.2) is 25.7 Å². The fourth-order valence-corrected chi connectivity index (χ4v) is 2.29. The van der Waals surface area contributed by atoms with Crippen LogP contribution in [0.25, 0.3) is 0 Å². The summed E-state index contributed by atoms with van der Waals surface area (Å²) in [5.74, 6) is -0.0318. The van der Waals surface area contributed by atoms with Crippen molar-refractivity contribution in [2.24, 2.45) is 5.10 Å². The average molecular weight is 328 g/mol. The Balaban J connectivity index is 2.31. The van der Waals surface area contributed by atoms with E-state index in [2.05, 4.69) is 23.5 Å². The number of nitrogens with one attached hydrogen (secondary N) is 1. The van der Waals surface area contributed by atoms with Gasteiger partial charge in [0.05, 0.1) is 18.7 Å². The second-order valence-corrected chi connectivity index (χ2v) is 5.88. The number of hydrazone groups is 1. The van der Waals surface area contributed by atoms with Crippen LogP contribution in [0.15, 0.2) is 29.4 Å². The maximum Gasteiger partial charge on any atom is 0.240 e. The predicted molar refractivity (Wildman–Crippen MR) is 99.1 cm³/mol. The molecule has 0 radical (unpaired) electrons. The molecule has 5 heteroatoms. The predicted octanol–water partition coefficient (Wildman–Crippen LogP) is 3.85. The zero-order valence-electron chi connectivity index (χ0n) is 14.8. The molecule has 1 rings (SSSR count). The van der Waals surface area contributed by atoms with Gasteiger partial charge in [-0.3, -0.25) is 4.79 Å². The molecular formula is C19H28N4O. The molecule has 0 unspecified atom stereocenters. The minimum absolute atomic E-state index is 0.0318. The molecule has 0 aliphatic heterocycles. The van der Waals surface area contributed by atoms with Gasteiger partial charge in [0.2, 0.25) is 5.91 Å². The highest BCUT2D eigenvalue weighted by molar-refractivity contribution is 5.82. The summed E-state index contributed by atoms with van der Waals surface area (Å²) in [5.41, 5.74) is 4.55. The number of carbonyl (C=O) groups excluding carboxylic acids is 1. The summed E-state index contributed by atoms with van der Waals surface area (Å²) >= 11 is 0. The molecule has 1 aromatic carbocycles. The van der Waals surface area contributed by atoms with Gasteiger partial charge in [-0.2, -0.15) is 10.4 Å². The molecule has 0 aliphatic carbocycles. The molecule has 0 fully saturated rings. The van der Waals surface area contributed by atoms with Crippen LogP contribution in [0.4, 0.5) is 5.69 Å². The first-order chi connectivity index (χ1) is 11.7. The van der Waals surface area contributed by atoms with Crippen molar-refractivity contribution < 1.29 is 4.79 Å². The van der Waals surface area contributed by atoms with Gasteiger partial charge in [-0.15, -0.1) is 0 Å². The normalized spacial score (nSPS) is 10.5. The fourth-order valence-electron chi connectivity index (χ4n) is 2.29. The van der Waals surface area contributed by atoms with E-state index in [4.69, 9.17) is 5.26 Å². The van der Waals surface area contributed by atoms with E-state index in [1.54, 1.807) is 6.21 Å². The summed E-state index contributed by atoms with van der Waals surface area (Å²) < 4.78 is 0. The third-order valence-corrected chi connectivity index (χ3v) is 3.80. The number of amides is 1. The van der Waals surface area contributed by atoms with E-state index in [-0.39, 0.29) is 5.91 Å². The summed E-state index contributed by atoms with van der Waals surface area (Å²) in [7, 11) is 1.96. The molecule has 0 heterocycles. The third-order valence-electron chi connectivity index (χ3n) is 3.80. The van der Waals surface area contributed by atoms with Crippen LogP contribution in [-0.2, 0) is 4.79 Å². The minimum Gasteiger partial charge on any atom is -0.374 e. The first kappa shape index (κ1) is 19.7. The van der Waals surface area contributed by atoms with E-state index in [9.17, 15) is 4.79 Å². The summed E-state index contributed by atoms with van der Waals surface area (Å²) in [6.07, 6.45) is 8.35. The standard InChI is InChI=1S/C19H28N4O/c1-3-4-5-6-7-9-19(24)22-21-16-17-10-12-18(13-11-17)23(2)15-8-14-20/h10-13,16H,3-9,15H2,1-2H3,(H,22,24)/b21-16-. The van der Waals surface area contributed by atoms with E-state index in [1.807, 2.05) is 36.2 Å². The smallest absolute Gasteiger partial charge is 0.240 e. The second kappa shape index (κ2) is 12.1. The summed E-state index contributed by atoms with van der Waals surface area (Å²) in [6.45, 7) is 2.89. The highest BCUT2D eigenvalue weighted by atomic mass is 16.2. The zero-order valence-corrected chi connectivity index (χ0v) is 14.8. The molecule has 1 aromatic rings. The summed E-state index contributed by atoms with van der Waals surface area (Å²) in [5, 5.41) is 12.6. The first-order valence-electron chi connectivity index (χ1n) is 8.67. The number of anilines is 1. The Morgan fingerprint density at radius 2 is 1.96 bits per heavy atom. The molecule has 0 saturated carbocycles. The molecule has 0 aromatic heterocycles. The van der Waals surface area contributed by atoms with Crippen molar-refractivity contribution in [1.29, 1.82) is 5.26 Å². The van der Waals surface area contributed by atoms with Crippen LogP contribution in [0.1, 0.15) is 57.4 Å². The largest absolute Gasteiger partial charge is 0.374 e. The summed E-state index contributed by atoms with van der Waals surface area (Å²) in [4.78, 5) is 13.7. The lowest BCUT2D eigenvalue weighted by Crippen LogP contribution is -2.18. The SMILES string of the molecule is CCCCCCCC(=O)N/N=C\c1ccc(N(C)CCC#N)cc1.